The predicted molar refractivity (Wildman–Crippen MR) is 68.6 cm³/mol. The minimum Gasteiger partial charge on any atom is -0.396 e. The van der Waals surface area contributed by atoms with Crippen molar-refractivity contribution >= 4 is 17.7 Å². The van der Waals surface area contributed by atoms with E-state index in [1.165, 1.54) is 24.3 Å². The van der Waals surface area contributed by atoms with Gasteiger partial charge in [0.25, 0.3) is 0 Å². The molecule has 2 N–H and O–H groups in total. The van der Waals surface area contributed by atoms with E-state index in [4.69, 9.17) is 5.11 Å². The number of thioether (sulfide) groups is 1. The first-order valence-electron chi connectivity index (χ1n) is 6.20. The summed E-state index contributed by atoms with van der Waals surface area (Å²) in [6, 6.07) is 0.192. The van der Waals surface area contributed by atoms with Crippen molar-refractivity contribution in [1.82, 2.24) is 5.32 Å². The zero-order chi connectivity index (χ0) is 11.8. The Morgan fingerprint density at radius 2 is 2.19 bits per heavy atom. The molecule has 0 aromatic rings. The molecule has 1 aliphatic rings. The van der Waals surface area contributed by atoms with Gasteiger partial charge in [-0.05, 0) is 50.0 Å². The Labute approximate surface area is 102 Å². The van der Waals surface area contributed by atoms with Gasteiger partial charge in [-0.25, -0.2) is 0 Å². The summed E-state index contributed by atoms with van der Waals surface area (Å²) in [6.45, 7) is 2.21. The fourth-order valence-electron chi connectivity index (χ4n) is 2.02. The van der Waals surface area contributed by atoms with Gasteiger partial charge in [-0.1, -0.05) is 0 Å². The number of aliphatic hydroxyl groups excluding tert-OH is 1. The maximum Gasteiger partial charge on any atom is 0.220 e. The smallest absolute Gasteiger partial charge is 0.220 e. The highest BCUT2D eigenvalue weighted by Gasteiger charge is 2.17. The molecule has 0 bridgehead atoms. The summed E-state index contributed by atoms with van der Waals surface area (Å²) in [5.41, 5.74) is 0. The van der Waals surface area contributed by atoms with Crippen molar-refractivity contribution in [1.29, 1.82) is 0 Å². The second kappa shape index (κ2) is 7.96. The Balaban J connectivity index is 2.13. The van der Waals surface area contributed by atoms with Crippen molar-refractivity contribution in [3.63, 3.8) is 0 Å². The van der Waals surface area contributed by atoms with E-state index in [-0.39, 0.29) is 18.6 Å². The lowest BCUT2D eigenvalue weighted by molar-refractivity contribution is -0.122. The van der Waals surface area contributed by atoms with E-state index < -0.39 is 0 Å². The lowest BCUT2D eigenvalue weighted by atomic mass is 9.98. The van der Waals surface area contributed by atoms with Crippen molar-refractivity contribution in [2.75, 3.05) is 18.1 Å². The molecule has 3 nitrogen and oxygen atoms in total. The van der Waals surface area contributed by atoms with Crippen LogP contribution < -0.4 is 5.32 Å². The average molecular weight is 245 g/mol. The second-order valence-electron chi connectivity index (χ2n) is 4.59. The SMILES string of the molecule is CC(CCCO)NC(=O)CC1CCSCC1. The molecule has 0 aromatic carbocycles. The summed E-state index contributed by atoms with van der Waals surface area (Å²) < 4.78 is 0. The number of carbonyl (C=O) groups is 1. The first-order valence-corrected chi connectivity index (χ1v) is 7.35. The molecule has 0 radical (unpaired) electrons. The van der Waals surface area contributed by atoms with Crippen LogP contribution in [-0.4, -0.2) is 35.2 Å². The molecule has 1 unspecified atom stereocenters. The third kappa shape index (κ3) is 5.75. The number of hydrogen-bond acceptors (Lipinski definition) is 3. The molecule has 94 valence electrons. The summed E-state index contributed by atoms with van der Waals surface area (Å²) in [4.78, 5) is 11.7. The largest absolute Gasteiger partial charge is 0.396 e. The first-order chi connectivity index (χ1) is 7.72. The van der Waals surface area contributed by atoms with Crippen LogP contribution in [0, 0.1) is 5.92 Å². The first kappa shape index (κ1) is 13.8. The van der Waals surface area contributed by atoms with Crippen LogP contribution in [0.4, 0.5) is 0 Å². The zero-order valence-electron chi connectivity index (χ0n) is 10.1. The van der Waals surface area contributed by atoms with Gasteiger partial charge < -0.3 is 10.4 Å². The van der Waals surface area contributed by atoms with Crippen molar-refractivity contribution in [3.8, 4) is 0 Å². The minimum absolute atomic E-state index is 0.183. The van der Waals surface area contributed by atoms with Gasteiger partial charge in [0.2, 0.25) is 5.91 Å². The molecule has 1 fully saturated rings. The summed E-state index contributed by atoms with van der Waals surface area (Å²) in [5.74, 6) is 3.18. The molecule has 16 heavy (non-hydrogen) atoms. The van der Waals surface area contributed by atoms with E-state index in [9.17, 15) is 4.79 Å². The minimum atomic E-state index is 0.183. The topological polar surface area (TPSA) is 49.3 Å². The number of amides is 1. The van der Waals surface area contributed by atoms with Crippen LogP contribution in [-0.2, 0) is 4.79 Å². The molecule has 0 saturated carbocycles. The number of carbonyl (C=O) groups excluding carboxylic acids is 1. The average Bonchev–Trinajstić information content (AvgIpc) is 2.27. The molecule has 0 spiro atoms. The lowest BCUT2D eigenvalue weighted by Gasteiger charge is -2.21. The van der Waals surface area contributed by atoms with Gasteiger partial charge in [-0.2, -0.15) is 11.8 Å². The van der Waals surface area contributed by atoms with Crippen molar-refractivity contribution < 1.29 is 9.90 Å². The zero-order valence-corrected chi connectivity index (χ0v) is 10.9. The Morgan fingerprint density at radius 3 is 2.81 bits per heavy atom. The van der Waals surface area contributed by atoms with Crippen molar-refractivity contribution in [3.05, 3.63) is 0 Å². The van der Waals surface area contributed by atoms with E-state index in [1.54, 1.807) is 0 Å². The van der Waals surface area contributed by atoms with Gasteiger partial charge in [0.1, 0.15) is 0 Å². The highest BCUT2D eigenvalue weighted by Crippen LogP contribution is 2.25. The van der Waals surface area contributed by atoms with Crippen LogP contribution >= 0.6 is 11.8 Å². The molecular weight excluding hydrogens is 222 g/mol. The fraction of sp³-hybridized carbons (Fsp3) is 0.917. The highest BCUT2D eigenvalue weighted by molar-refractivity contribution is 7.99. The lowest BCUT2D eigenvalue weighted by Crippen LogP contribution is -2.34. The standard InChI is InChI=1S/C12H23NO2S/c1-10(3-2-6-14)13-12(15)9-11-4-7-16-8-5-11/h10-11,14H,2-9H2,1H3,(H,13,15). The molecular formula is C12H23NO2S. The third-order valence-corrected chi connectivity index (χ3v) is 4.07. The molecule has 1 rings (SSSR count). The quantitative estimate of drug-likeness (QED) is 0.750. The maximum absolute atomic E-state index is 11.7. The van der Waals surface area contributed by atoms with Gasteiger partial charge >= 0.3 is 0 Å². The van der Waals surface area contributed by atoms with Crippen LogP contribution in [0.1, 0.15) is 39.0 Å². The number of nitrogens with one attached hydrogen (secondary N) is 1. The molecule has 4 heteroatoms. The monoisotopic (exact) mass is 245 g/mol. The van der Waals surface area contributed by atoms with Gasteiger partial charge in [0.05, 0.1) is 0 Å². The van der Waals surface area contributed by atoms with Crippen LogP contribution in [0.2, 0.25) is 0 Å². The van der Waals surface area contributed by atoms with Crippen LogP contribution in [0.3, 0.4) is 0 Å². The van der Waals surface area contributed by atoms with Gasteiger partial charge in [0, 0.05) is 19.1 Å². The Kier molecular flexibility index (Phi) is 6.88. The van der Waals surface area contributed by atoms with Gasteiger partial charge in [-0.15, -0.1) is 0 Å². The summed E-state index contributed by atoms with van der Waals surface area (Å²) in [6.07, 6.45) is 4.68. The molecule has 1 atom stereocenters. The van der Waals surface area contributed by atoms with Crippen molar-refractivity contribution in [2.24, 2.45) is 5.92 Å². The summed E-state index contributed by atoms with van der Waals surface area (Å²) in [5, 5.41) is 11.7. The molecule has 1 heterocycles. The second-order valence-corrected chi connectivity index (χ2v) is 5.82. The van der Waals surface area contributed by atoms with Gasteiger partial charge in [0.15, 0.2) is 0 Å². The van der Waals surface area contributed by atoms with E-state index in [0.29, 0.717) is 12.3 Å². The van der Waals surface area contributed by atoms with E-state index in [1.807, 2.05) is 18.7 Å². The van der Waals surface area contributed by atoms with Crippen LogP contribution in [0.15, 0.2) is 0 Å². The molecule has 1 saturated heterocycles. The Bertz CT molecular complexity index is 205. The van der Waals surface area contributed by atoms with E-state index in [2.05, 4.69) is 5.32 Å². The van der Waals surface area contributed by atoms with Crippen molar-refractivity contribution in [2.45, 2.75) is 45.1 Å². The Morgan fingerprint density at radius 1 is 1.50 bits per heavy atom. The maximum atomic E-state index is 11.7. The van der Waals surface area contributed by atoms with E-state index in [0.717, 1.165) is 12.8 Å². The number of rotatable bonds is 6. The van der Waals surface area contributed by atoms with Crippen LogP contribution in [0.25, 0.3) is 0 Å². The molecule has 0 aromatic heterocycles. The molecule has 1 amide bonds. The number of aliphatic hydroxyl groups is 1. The summed E-state index contributed by atoms with van der Waals surface area (Å²) in [7, 11) is 0. The third-order valence-electron chi connectivity index (χ3n) is 3.02. The molecule has 0 aliphatic carbocycles. The normalized spacial score (nSPS) is 19.4. The van der Waals surface area contributed by atoms with E-state index >= 15 is 0 Å². The summed E-state index contributed by atoms with van der Waals surface area (Å²) >= 11 is 1.99. The highest BCUT2D eigenvalue weighted by atomic mass is 32.2. The van der Waals surface area contributed by atoms with Gasteiger partial charge in [-0.3, -0.25) is 4.79 Å². The number of hydrogen-bond donors (Lipinski definition) is 2. The molecule has 1 aliphatic heterocycles. The van der Waals surface area contributed by atoms with Crippen LogP contribution in [0.5, 0.6) is 0 Å². The fourth-order valence-corrected chi connectivity index (χ4v) is 3.22. The predicted octanol–water partition coefficient (Wildman–Crippen LogP) is 1.80. The Hall–Kier alpha value is -0.220.